The fourth-order valence-electron chi connectivity index (χ4n) is 2.39. The van der Waals surface area contributed by atoms with Crippen LogP contribution in [-0.4, -0.2) is 26.0 Å². The first-order valence-corrected chi connectivity index (χ1v) is 9.88. The second-order valence-electron chi connectivity index (χ2n) is 5.78. The van der Waals surface area contributed by atoms with Gasteiger partial charge in [-0.2, -0.15) is 0 Å². The molecule has 2 aromatic carbocycles. The molecule has 0 spiro atoms. The van der Waals surface area contributed by atoms with E-state index in [-0.39, 0.29) is 16.5 Å². The summed E-state index contributed by atoms with van der Waals surface area (Å²) < 4.78 is 27.6. The molecule has 0 saturated heterocycles. The van der Waals surface area contributed by atoms with E-state index >= 15 is 0 Å². The topological polar surface area (TPSA) is 115 Å². The quantitative estimate of drug-likeness (QED) is 0.654. The molecule has 1 heterocycles. The summed E-state index contributed by atoms with van der Waals surface area (Å²) in [6.45, 7) is 0.358. The summed E-state index contributed by atoms with van der Waals surface area (Å²) in [4.78, 5) is 12.2. The van der Waals surface area contributed by atoms with Gasteiger partial charge in [0.1, 0.15) is 0 Å². The van der Waals surface area contributed by atoms with Crippen molar-refractivity contribution in [3.05, 3.63) is 70.9 Å². The standard InChI is InChI=1S/C18H16ClN3O4S/c19-14-5-3-13(4-6-14)17-11-16(22-26-17)18(23)21-10-9-12-1-7-15(8-2-12)27(20,24)25/h1-8,11H,9-10H2,(H,21,23)(H2,20,24,25). The number of rotatable bonds is 6. The zero-order valence-corrected chi connectivity index (χ0v) is 15.6. The molecule has 0 aliphatic heterocycles. The number of aromatic nitrogens is 1. The summed E-state index contributed by atoms with van der Waals surface area (Å²) in [5, 5.41) is 12.2. The molecule has 1 amide bonds. The van der Waals surface area contributed by atoms with E-state index in [2.05, 4.69) is 10.5 Å². The Bertz CT molecular complexity index is 1040. The van der Waals surface area contributed by atoms with E-state index in [0.717, 1.165) is 11.1 Å². The lowest BCUT2D eigenvalue weighted by Gasteiger charge is -2.04. The minimum atomic E-state index is -3.71. The van der Waals surface area contributed by atoms with Gasteiger partial charge in [-0.3, -0.25) is 4.79 Å². The molecule has 3 N–H and O–H groups in total. The third-order valence-corrected chi connectivity index (χ3v) is 5.00. The van der Waals surface area contributed by atoms with Gasteiger partial charge in [-0.1, -0.05) is 28.9 Å². The second kappa shape index (κ2) is 7.91. The monoisotopic (exact) mass is 405 g/mol. The smallest absolute Gasteiger partial charge is 0.273 e. The van der Waals surface area contributed by atoms with Crippen LogP contribution in [0.3, 0.4) is 0 Å². The highest BCUT2D eigenvalue weighted by molar-refractivity contribution is 7.89. The maximum absolute atomic E-state index is 12.2. The Labute approximate surface area is 161 Å². The maximum Gasteiger partial charge on any atom is 0.273 e. The van der Waals surface area contributed by atoms with Crippen molar-refractivity contribution in [2.45, 2.75) is 11.3 Å². The first kappa shape index (κ1) is 19.1. The van der Waals surface area contributed by atoms with Gasteiger partial charge in [0.25, 0.3) is 5.91 Å². The van der Waals surface area contributed by atoms with Crippen LogP contribution in [-0.2, 0) is 16.4 Å². The number of primary sulfonamides is 1. The Morgan fingerprint density at radius 1 is 1.11 bits per heavy atom. The number of carbonyl (C=O) groups is 1. The SMILES string of the molecule is NS(=O)(=O)c1ccc(CCNC(=O)c2cc(-c3ccc(Cl)cc3)on2)cc1. The number of benzene rings is 2. The highest BCUT2D eigenvalue weighted by atomic mass is 35.5. The fourth-order valence-corrected chi connectivity index (χ4v) is 3.03. The molecule has 3 aromatic rings. The Kier molecular flexibility index (Phi) is 5.59. The molecule has 0 fully saturated rings. The summed E-state index contributed by atoms with van der Waals surface area (Å²) in [5.41, 5.74) is 1.80. The number of sulfonamides is 1. The number of halogens is 1. The first-order chi connectivity index (χ1) is 12.8. The van der Waals surface area contributed by atoms with Gasteiger partial charge in [-0.15, -0.1) is 0 Å². The molecule has 1 aromatic heterocycles. The molecule has 0 atom stereocenters. The Morgan fingerprint density at radius 3 is 2.41 bits per heavy atom. The van der Waals surface area contributed by atoms with Crippen LogP contribution in [0.15, 0.2) is 64.0 Å². The average molecular weight is 406 g/mol. The number of nitrogens with zero attached hydrogens (tertiary/aromatic N) is 1. The van der Waals surface area contributed by atoms with Gasteiger partial charge in [0.05, 0.1) is 4.90 Å². The van der Waals surface area contributed by atoms with E-state index in [1.54, 1.807) is 42.5 Å². The van der Waals surface area contributed by atoms with Crippen molar-refractivity contribution in [2.75, 3.05) is 6.54 Å². The van der Waals surface area contributed by atoms with Crippen molar-refractivity contribution in [2.24, 2.45) is 5.14 Å². The van der Waals surface area contributed by atoms with Crippen molar-refractivity contribution in [1.82, 2.24) is 10.5 Å². The zero-order chi connectivity index (χ0) is 19.4. The number of hydrogen-bond acceptors (Lipinski definition) is 5. The molecule has 0 bridgehead atoms. The Hall–Kier alpha value is -2.68. The van der Waals surface area contributed by atoms with E-state index in [4.69, 9.17) is 21.3 Å². The minimum Gasteiger partial charge on any atom is -0.355 e. The lowest BCUT2D eigenvalue weighted by Crippen LogP contribution is -2.25. The van der Waals surface area contributed by atoms with Crippen molar-refractivity contribution >= 4 is 27.5 Å². The summed E-state index contributed by atoms with van der Waals surface area (Å²) in [6, 6.07) is 14.7. The number of amides is 1. The normalized spacial score (nSPS) is 11.3. The molecule has 0 radical (unpaired) electrons. The van der Waals surface area contributed by atoms with Gasteiger partial charge in [-0.05, 0) is 48.4 Å². The Morgan fingerprint density at radius 2 is 1.78 bits per heavy atom. The van der Waals surface area contributed by atoms with Crippen molar-refractivity contribution in [1.29, 1.82) is 0 Å². The van der Waals surface area contributed by atoms with Crippen LogP contribution in [0.2, 0.25) is 5.02 Å². The number of carbonyl (C=O) groups excluding carboxylic acids is 1. The minimum absolute atomic E-state index is 0.0487. The van der Waals surface area contributed by atoms with Crippen LogP contribution >= 0.6 is 11.6 Å². The molecule has 0 aliphatic carbocycles. The number of nitrogens with two attached hydrogens (primary N) is 1. The van der Waals surface area contributed by atoms with E-state index in [1.807, 2.05) is 0 Å². The molecule has 9 heteroatoms. The first-order valence-electron chi connectivity index (χ1n) is 7.95. The zero-order valence-electron chi connectivity index (χ0n) is 14.1. The lowest BCUT2D eigenvalue weighted by molar-refractivity contribution is 0.0945. The summed E-state index contributed by atoms with van der Waals surface area (Å²) in [7, 11) is -3.71. The van der Waals surface area contributed by atoms with Gasteiger partial charge < -0.3 is 9.84 Å². The molecule has 0 aliphatic rings. The van der Waals surface area contributed by atoms with Gasteiger partial charge in [0.2, 0.25) is 10.0 Å². The molecular formula is C18H16ClN3O4S. The highest BCUT2D eigenvalue weighted by Crippen LogP contribution is 2.22. The maximum atomic E-state index is 12.2. The van der Waals surface area contributed by atoms with E-state index in [1.165, 1.54) is 12.1 Å². The van der Waals surface area contributed by atoms with Crippen LogP contribution in [0.1, 0.15) is 16.1 Å². The van der Waals surface area contributed by atoms with Gasteiger partial charge >= 0.3 is 0 Å². The number of hydrogen-bond donors (Lipinski definition) is 2. The number of nitrogens with one attached hydrogen (secondary N) is 1. The molecule has 3 rings (SSSR count). The van der Waals surface area contributed by atoms with E-state index < -0.39 is 10.0 Å². The van der Waals surface area contributed by atoms with Crippen LogP contribution in [0.5, 0.6) is 0 Å². The molecular weight excluding hydrogens is 390 g/mol. The Balaban J connectivity index is 1.56. The van der Waals surface area contributed by atoms with Gasteiger partial charge in [0.15, 0.2) is 11.5 Å². The van der Waals surface area contributed by atoms with Gasteiger partial charge in [-0.25, -0.2) is 13.6 Å². The van der Waals surface area contributed by atoms with Crippen molar-refractivity contribution in [3.63, 3.8) is 0 Å². The summed E-state index contributed by atoms with van der Waals surface area (Å²) in [5.74, 6) is 0.107. The molecule has 0 unspecified atom stereocenters. The van der Waals surface area contributed by atoms with Crippen molar-refractivity contribution in [3.8, 4) is 11.3 Å². The molecule has 140 valence electrons. The van der Waals surface area contributed by atoms with Crippen LogP contribution < -0.4 is 10.5 Å². The van der Waals surface area contributed by atoms with E-state index in [0.29, 0.717) is 23.7 Å². The fraction of sp³-hybridized carbons (Fsp3) is 0.111. The predicted octanol–water partition coefficient (Wildman–Crippen LogP) is 2.61. The predicted molar refractivity (Wildman–Crippen MR) is 101 cm³/mol. The van der Waals surface area contributed by atoms with Crippen LogP contribution in [0.25, 0.3) is 11.3 Å². The van der Waals surface area contributed by atoms with Crippen LogP contribution in [0.4, 0.5) is 0 Å². The van der Waals surface area contributed by atoms with E-state index in [9.17, 15) is 13.2 Å². The third kappa shape index (κ3) is 4.94. The second-order valence-corrected chi connectivity index (χ2v) is 7.78. The third-order valence-electron chi connectivity index (χ3n) is 3.82. The molecule has 0 saturated carbocycles. The largest absolute Gasteiger partial charge is 0.355 e. The van der Waals surface area contributed by atoms with Crippen molar-refractivity contribution < 1.29 is 17.7 Å². The summed E-state index contributed by atoms with van der Waals surface area (Å²) >= 11 is 5.85. The highest BCUT2D eigenvalue weighted by Gasteiger charge is 2.13. The summed E-state index contributed by atoms with van der Waals surface area (Å²) in [6.07, 6.45) is 0.526. The van der Waals surface area contributed by atoms with Crippen LogP contribution in [0, 0.1) is 0 Å². The van der Waals surface area contributed by atoms with Gasteiger partial charge in [0, 0.05) is 23.2 Å². The molecule has 27 heavy (non-hydrogen) atoms. The average Bonchev–Trinajstić information content (AvgIpc) is 3.12. The lowest BCUT2D eigenvalue weighted by atomic mass is 10.1. The molecule has 7 nitrogen and oxygen atoms in total.